The molecule has 5 heteroatoms. The van der Waals surface area contributed by atoms with Gasteiger partial charge in [0.25, 0.3) is 5.89 Å². The van der Waals surface area contributed by atoms with Gasteiger partial charge in [0, 0.05) is 17.1 Å². The number of hydrogen-bond acceptors (Lipinski definition) is 3. The Kier molecular flexibility index (Phi) is 6.45. The van der Waals surface area contributed by atoms with Crippen LogP contribution in [-0.4, -0.2) is 17.4 Å². The van der Waals surface area contributed by atoms with Crippen molar-refractivity contribution >= 4 is 23.1 Å². The molecule has 0 atom stereocenters. The molecule has 0 spiro atoms. The Morgan fingerprint density at radius 1 is 1.25 bits per heavy atom. The van der Waals surface area contributed by atoms with E-state index in [1.54, 1.807) is 12.3 Å². The maximum atomic E-state index is 12.4. The van der Waals surface area contributed by atoms with Crippen molar-refractivity contribution in [2.45, 2.75) is 13.3 Å². The van der Waals surface area contributed by atoms with Gasteiger partial charge in [0.2, 0.25) is 0 Å². The van der Waals surface area contributed by atoms with Gasteiger partial charge in [-0.3, -0.25) is 4.79 Å². The number of carbonyl (C=O) groups is 1. The summed E-state index contributed by atoms with van der Waals surface area (Å²) in [6.45, 7) is 6.24. The number of carbonyl (C=O) groups excluding carboxylic acids is 1. The lowest BCUT2D eigenvalue weighted by Crippen LogP contribution is -2.24. The van der Waals surface area contributed by atoms with E-state index in [9.17, 15) is 4.79 Å². The minimum absolute atomic E-state index is 0.0482. The maximum absolute atomic E-state index is 12.4. The van der Waals surface area contributed by atoms with Crippen molar-refractivity contribution in [3.05, 3.63) is 95.5 Å². The SMILES string of the molecule is C=C/C=C(/CCNC(=O)c1ncc(-c2ccccc2)o1)c1cc(Cl)ccc1C. The van der Waals surface area contributed by atoms with Crippen LogP contribution in [0.3, 0.4) is 0 Å². The van der Waals surface area contributed by atoms with E-state index in [0.29, 0.717) is 23.7 Å². The highest BCUT2D eigenvalue weighted by Crippen LogP contribution is 2.25. The molecule has 3 aromatic rings. The minimum Gasteiger partial charge on any atom is -0.432 e. The monoisotopic (exact) mass is 392 g/mol. The highest BCUT2D eigenvalue weighted by molar-refractivity contribution is 6.30. The van der Waals surface area contributed by atoms with E-state index in [2.05, 4.69) is 16.9 Å². The van der Waals surface area contributed by atoms with Crippen LogP contribution >= 0.6 is 11.6 Å². The van der Waals surface area contributed by atoms with Crippen LogP contribution in [0.1, 0.15) is 28.2 Å². The third-order valence-electron chi connectivity index (χ3n) is 4.30. The fraction of sp³-hybridized carbons (Fsp3) is 0.130. The van der Waals surface area contributed by atoms with Crippen LogP contribution in [0.2, 0.25) is 5.02 Å². The van der Waals surface area contributed by atoms with Gasteiger partial charge in [0.05, 0.1) is 6.20 Å². The Hall–Kier alpha value is -3.11. The van der Waals surface area contributed by atoms with E-state index in [1.807, 2.05) is 61.5 Å². The molecular weight excluding hydrogens is 372 g/mol. The normalized spacial score (nSPS) is 11.3. The molecule has 2 aromatic carbocycles. The minimum atomic E-state index is -0.344. The highest BCUT2D eigenvalue weighted by Gasteiger charge is 2.14. The quantitative estimate of drug-likeness (QED) is 0.525. The topological polar surface area (TPSA) is 55.1 Å². The van der Waals surface area contributed by atoms with Crippen molar-refractivity contribution in [1.29, 1.82) is 0 Å². The third-order valence-corrected chi connectivity index (χ3v) is 4.54. The van der Waals surface area contributed by atoms with Gasteiger partial charge in [-0.25, -0.2) is 4.98 Å². The first-order chi connectivity index (χ1) is 13.6. The number of halogens is 1. The number of allylic oxidation sites excluding steroid dienone is 2. The molecule has 1 aromatic heterocycles. The Bertz CT molecular complexity index is 1010. The number of aromatic nitrogens is 1. The molecule has 0 bridgehead atoms. The lowest BCUT2D eigenvalue weighted by molar-refractivity contribution is 0.0921. The Balaban J connectivity index is 1.64. The molecule has 0 aliphatic heterocycles. The zero-order valence-corrected chi connectivity index (χ0v) is 16.4. The molecule has 0 aliphatic rings. The zero-order valence-electron chi connectivity index (χ0n) is 15.6. The van der Waals surface area contributed by atoms with Crippen LogP contribution in [0.15, 0.2) is 77.9 Å². The summed E-state index contributed by atoms with van der Waals surface area (Å²) >= 11 is 6.13. The second-order valence-electron chi connectivity index (χ2n) is 6.29. The van der Waals surface area contributed by atoms with Gasteiger partial charge < -0.3 is 9.73 Å². The van der Waals surface area contributed by atoms with E-state index in [1.165, 1.54) is 0 Å². The second kappa shape index (κ2) is 9.20. The molecule has 3 rings (SSSR count). The van der Waals surface area contributed by atoms with E-state index in [-0.39, 0.29) is 11.8 Å². The van der Waals surface area contributed by atoms with Gasteiger partial charge in [0.15, 0.2) is 5.76 Å². The summed E-state index contributed by atoms with van der Waals surface area (Å²) < 4.78 is 5.58. The summed E-state index contributed by atoms with van der Waals surface area (Å²) in [7, 11) is 0. The first-order valence-electron chi connectivity index (χ1n) is 8.96. The fourth-order valence-electron chi connectivity index (χ4n) is 2.89. The predicted octanol–water partition coefficient (Wildman–Crippen LogP) is 5.69. The molecule has 1 amide bonds. The first-order valence-corrected chi connectivity index (χ1v) is 9.34. The first kappa shape index (κ1) is 19.6. The molecule has 0 radical (unpaired) electrons. The van der Waals surface area contributed by atoms with Gasteiger partial charge >= 0.3 is 5.91 Å². The number of amides is 1. The number of rotatable bonds is 7. The van der Waals surface area contributed by atoms with Crippen molar-refractivity contribution in [3.63, 3.8) is 0 Å². The highest BCUT2D eigenvalue weighted by atomic mass is 35.5. The van der Waals surface area contributed by atoms with E-state index in [0.717, 1.165) is 22.3 Å². The van der Waals surface area contributed by atoms with Crippen molar-refractivity contribution in [3.8, 4) is 11.3 Å². The molecule has 0 saturated carbocycles. The van der Waals surface area contributed by atoms with Gasteiger partial charge in [-0.15, -0.1) is 0 Å². The lowest BCUT2D eigenvalue weighted by Gasteiger charge is -2.11. The summed E-state index contributed by atoms with van der Waals surface area (Å²) in [6.07, 6.45) is 5.86. The second-order valence-corrected chi connectivity index (χ2v) is 6.72. The van der Waals surface area contributed by atoms with Crippen LogP contribution in [0.4, 0.5) is 0 Å². The van der Waals surface area contributed by atoms with Crippen LogP contribution in [0.5, 0.6) is 0 Å². The lowest BCUT2D eigenvalue weighted by atomic mass is 9.97. The van der Waals surface area contributed by atoms with Crippen molar-refractivity contribution in [2.75, 3.05) is 6.54 Å². The van der Waals surface area contributed by atoms with Gasteiger partial charge in [-0.1, -0.05) is 66.7 Å². The molecule has 0 saturated heterocycles. The fourth-order valence-corrected chi connectivity index (χ4v) is 3.06. The van der Waals surface area contributed by atoms with Gasteiger partial charge in [0.1, 0.15) is 0 Å². The molecular formula is C23H21ClN2O2. The Morgan fingerprint density at radius 3 is 2.79 bits per heavy atom. The van der Waals surface area contributed by atoms with Crippen molar-refractivity contribution in [1.82, 2.24) is 10.3 Å². The van der Waals surface area contributed by atoms with Gasteiger partial charge in [-0.05, 0) is 42.2 Å². The smallest absolute Gasteiger partial charge is 0.307 e. The van der Waals surface area contributed by atoms with Gasteiger partial charge in [-0.2, -0.15) is 0 Å². The number of nitrogens with one attached hydrogen (secondary N) is 1. The predicted molar refractivity (Wildman–Crippen MR) is 113 cm³/mol. The molecule has 0 aliphatic carbocycles. The zero-order chi connectivity index (χ0) is 19.9. The summed E-state index contributed by atoms with van der Waals surface area (Å²) in [6, 6.07) is 15.3. The number of nitrogens with zero attached hydrogens (tertiary/aromatic N) is 1. The number of benzene rings is 2. The standard InChI is InChI=1S/C23H21ClN2O2/c1-3-7-17(20-14-19(24)11-10-16(20)2)12-13-25-22(27)23-26-15-21(28-23)18-8-5-4-6-9-18/h3-11,14-15H,1,12-13H2,2H3,(H,25,27)/b17-7-. The van der Waals surface area contributed by atoms with Crippen LogP contribution in [0.25, 0.3) is 16.9 Å². The Labute approximate surface area is 169 Å². The molecule has 4 nitrogen and oxygen atoms in total. The number of aryl methyl sites for hydroxylation is 1. The molecule has 0 fully saturated rings. The van der Waals surface area contributed by atoms with Crippen molar-refractivity contribution in [2.24, 2.45) is 0 Å². The summed E-state index contributed by atoms with van der Waals surface area (Å²) in [5.74, 6) is 0.266. The summed E-state index contributed by atoms with van der Waals surface area (Å²) in [5.41, 5.74) is 4.09. The third kappa shape index (κ3) is 4.78. The summed E-state index contributed by atoms with van der Waals surface area (Å²) in [5, 5.41) is 3.53. The largest absolute Gasteiger partial charge is 0.432 e. The summed E-state index contributed by atoms with van der Waals surface area (Å²) in [4.78, 5) is 16.4. The van der Waals surface area contributed by atoms with E-state index >= 15 is 0 Å². The molecule has 1 N–H and O–H groups in total. The number of oxazole rings is 1. The average Bonchev–Trinajstić information content (AvgIpc) is 3.20. The molecule has 142 valence electrons. The van der Waals surface area contributed by atoms with Crippen LogP contribution < -0.4 is 5.32 Å². The maximum Gasteiger partial charge on any atom is 0.307 e. The average molecular weight is 393 g/mol. The van der Waals surface area contributed by atoms with E-state index < -0.39 is 0 Å². The van der Waals surface area contributed by atoms with Crippen LogP contribution in [0, 0.1) is 6.92 Å². The van der Waals surface area contributed by atoms with Crippen molar-refractivity contribution < 1.29 is 9.21 Å². The molecule has 1 heterocycles. The molecule has 0 unspecified atom stereocenters. The Morgan fingerprint density at radius 2 is 2.04 bits per heavy atom. The molecule has 28 heavy (non-hydrogen) atoms. The number of hydrogen-bond donors (Lipinski definition) is 1. The van der Waals surface area contributed by atoms with Crippen LogP contribution in [-0.2, 0) is 0 Å². The van der Waals surface area contributed by atoms with E-state index in [4.69, 9.17) is 16.0 Å².